The van der Waals surface area contributed by atoms with Gasteiger partial charge >= 0.3 is 5.97 Å². The zero-order valence-electron chi connectivity index (χ0n) is 11.5. The molecule has 1 unspecified atom stereocenters. The van der Waals surface area contributed by atoms with Crippen molar-refractivity contribution in [2.75, 3.05) is 7.11 Å². The van der Waals surface area contributed by atoms with Gasteiger partial charge in [0.2, 0.25) is 0 Å². The fourth-order valence-corrected chi connectivity index (χ4v) is 2.00. The molecule has 104 valence electrons. The largest absolute Gasteiger partial charge is 0.495 e. The maximum atomic E-state index is 11.5. The van der Waals surface area contributed by atoms with Crippen LogP contribution in [0, 0.1) is 6.92 Å². The van der Waals surface area contributed by atoms with E-state index in [1.165, 1.54) is 0 Å². The fraction of sp³-hybridized carbons (Fsp3) is 0.250. The summed E-state index contributed by atoms with van der Waals surface area (Å²) in [6, 6.07) is 11.3. The first-order valence-electron chi connectivity index (χ1n) is 6.38. The number of pyridine rings is 1. The first-order chi connectivity index (χ1) is 9.60. The molecular formula is C16H17NO3. The average Bonchev–Trinajstić information content (AvgIpc) is 2.46. The van der Waals surface area contributed by atoms with Crippen molar-refractivity contribution in [1.29, 1.82) is 0 Å². The minimum absolute atomic E-state index is 0.426. The molecule has 0 aliphatic heterocycles. The molecule has 0 radical (unpaired) electrons. The topological polar surface area (TPSA) is 59.4 Å². The highest BCUT2D eigenvalue weighted by Gasteiger charge is 2.21. The van der Waals surface area contributed by atoms with Crippen molar-refractivity contribution in [2.45, 2.75) is 19.3 Å². The number of aryl methyl sites for hydroxylation is 1. The lowest BCUT2D eigenvalue weighted by molar-refractivity contribution is -0.138. The summed E-state index contributed by atoms with van der Waals surface area (Å²) in [4.78, 5) is 15.6. The molecule has 0 spiro atoms. The smallest absolute Gasteiger partial charge is 0.312 e. The van der Waals surface area contributed by atoms with Gasteiger partial charge in [0.1, 0.15) is 11.7 Å². The van der Waals surface area contributed by atoms with Gasteiger partial charge in [0.15, 0.2) is 0 Å². The molecule has 20 heavy (non-hydrogen) atoms. The van der Waals surface area contributed by atoms with Gasteiger partial charge in [-0.3, -0.25) is 9.78 Å². The zero-order valence-corrected chi connectivity index (χ0v) is 11.5. The Morgan fingerprint density at radius 2 is 1.95 bits per heavy atom. The summed E-state index contributed by atoms with van der Waals surface area (Å²) in [5, 5.41) is 9.40. The van der Waals surface area contributed by atoms with Crippen LogP contribution in [0.2, 0.25) is 0 Å². The van der Waals surface area contributed by atoms with Crippen molar-refractivity contribution in [3.8, 4) is 5.75 Å². The highest BCUT2D eigenvalue weighted by atomic mass is 16.5. The molecule has 0 fully saturated rings. The Morgan fingerprint density at radius 3 is 2.45 bits per heavy atom. The molecule has 1 aromatic carbocycles. The molecule has 2 aromatic rings. The van der Waals surface area contributed by atoms with Crippen molar-refractivity contribution in [1.82, 2.24) is 4.98 Å². The Balaban J connectivity index is 2.22. The molecule has 4 nitrogen and oxygen atoms in total. The van der Waals surface area contributed by atoms with Crippen molar-refractivity contribution < 1.29 is 14.6 Å². The number of nitrogens with zero attached hydrogens (tertiary/aromatic N) is 1. The second kappa shape index (κ2) is 6.19. The molecule has 0 saturated heterocycles. The van der Waals surface area contributed by atoms with Gasteiger partial charge in [-0.15, -0.1) is 0 Å². The van der Waals surface area contributed by atoms with Crippen LogP contribution in [0.5, 0.6) is 5.75 Å². The van der Waals surface area contributed by atoms with Crippen LogP contribution in [0.1, 0.15) is 22.7 Å². The Morgan fingerprint density at radius 1 is 1.25 bits per heavy atom. The van der Waals surface area contributed by atoms with Crippen molar-refractivity contribution in [2.24, 2.45) is 0 Å². The van der Waals surface area contributed by atoms with E-state index in [9.17, 15) is 9.90 Å². The number of hydrogen-bond acceptors (Lipinski definition) is 3. The average molecular weight is 271 g/mol. The first-order valence-corrected chi connectivity index (χ1v) is 6.38. The van der Waals surface area contributed by atoms with E-state index in [0.717, 1.165) is 11.1 Å². The highest BCUT2D eigenvalue weighted by Crippen LogP contribution is 2.21. The number of aliphatic carboxylic acids is 1. The van der Waals surface area contributed by atoms with E-state index < -0.39 is 11.9 Å². The van der Waals surface area contributed by atoms with Crippen LogP contribution < -0.4 is 4.74 Å². The summed E-state index contributed by atoms with van der Waals surface area (Å²) in [5.41, 5.74) is 2.68. The number of methoxy groups -OCH3 is 1. The van der Waals surface area contributed by atoms with Crippen LogP contribution in [-0.2, 0) is 11.2 Å². The van der Waals surface area contributed by atoms with Crippen LogP contribution >= 0.6 is 0 Å². The van der Waals surface area contributed by atoms with Gasteiger partial charge in [-0.25, -0.2) is 0 Å². The second-order valence-corrected chi connectivity index (χ2v) is 4.70. The van der Waals surface area contributed by atoms with E-state index >= 15 is 0 Å². The maximum absolute atomic E-state index is 11.5. The summed E-state index contributed by atoms with van der Waals surface area (Å²) in [6.45, 7) is 2.00. The van der Waals surface area contributed by atoms with Crippen LogP contribution in [-0.4, -0.2) is 23.2 Å². The van der Waals surface area contributed by atoms with Crippen molar-refractivity contribution in [3.63, 3.8) is 0 Å². The number of aromatic nitrogens is 1. The van der Waals surface area contributed by atoms with E-state index in [2.05, 4.69) is 4.98 Å². The monoisotopic (exact) mass is 271 g/mol. The number of benzene rings is 1. The quantitative estimate of drug-likeness (QED) is 0.908. The van der Waals surface area contributed by atoms with E-state index in [-0.39, 0.29) is 0 Å². The molecule has 0 amide bonds. The SMILES string of the molecule is COc1ccc(C(Cc2ccc(C)cc2)C(=O)O)nc1. The van der Waals surface area contributed by atoms with Gasteiger partial charge < -0.3 is 9.84 Å². The standard InChI is InChI=1S/C16H17NO3/c1-11-3-5-12(6-4-11)9-14(16(18)19)15-8-7-13(20-2)10-17-15/h3-8,10,14H,9H2,1-2H3,(H,18,19). The molecule has 0 bridgehead atoms. The van der Waals surface area contributed by atoms with Crippen LogP contribution in [0.25, 0.3) is 0 Å². The number of rotatable bonds is 5. The summed E-state index contributed by atoms with van der Waals surface area (Å²) >= 11 is 0. The first kappa shape index (κ1) is 14.1. The van der Waals surface area contributed by atoms with Gasteiger partial charge in [-0.05, 0) is 31.0 Å². The van der Waals surface area contributed by atoms with Crippen LogP contribution in [0.15, 0.2) is 42.6 Å². The van der Waals surface area contributed by atoms with E-state index in [1.807, 2.05) is 31.2 Å². The summed E-state index contributed by atoms with van der Waals surface area (Å²) in [6.07, 6.45) is 1.97. The van der Waals surface area contributed by atoms with Gasteiger partial charge in [-0.2, -0.15) is 0 Å². The Labute approximate surface area is 118 Å². The lowest BCUT2D eigenvalue weighted by Gasteiger charge is -2.12. The predicted octanol–water partition coefficient (Wildman–Crippen LogP) is 2.81. The maximum Gasteiger partial charge on any atom is 0.312 e. The minimum Gasteiger partial charge on any atom is -0.495 e. The molecule has 1 atom stereocenters. The molecule has 1 heterocycles. The van der Waals surface area contributed by atoms with E-state index in [4.69, 9.17) is 4.74 Å². The normalized spacial score (nSPS) is 11.9. The molecule has 1 aromatic heterocycles. The number of ether oxygens (including phenoxy) is 1. The van der Waals surface area contributed by atoms with E-state index in [1.54, 1.807) is 25.4 Å². The molecule has 0 saturated carbocycles. The summed E-state index contributed by atoms with van der Waals surface area (Å²) < 4.78 is 5.03. The Bertz CT molecular complexity index is 576. The number of carboxylic acid groups (broad SMARTS) is 1. The number of hydrogen-bond donors (Lipinski definition) is 1. The molecule has 0 aliphatic rings. The van der Waals surface area contributed by atoms with Gasteiger partial charge in [0, 0.05) is 0 Å². The lowest BCUT2D eigenvalue weighted by atomic mass is 9.95. The predicted molar refractivity (Wildman–Crippen MR) is 76.0 cm³/mol. The van der Waals surface area contributed by atoms with Crippen molar-refractivity contribution >= 4 is 5.97 Å². The van der Waals surface area contributed by atoms with Crippen LogP contribution in [0.3, 0.4) is 0 Å². The van der Waals surface area contributed by atoms with Gasteiger partial charge in [0.25, 0.3) is 0 Å². The third-order valence-electron chi connectivity index (χ3n) is 3.21. The minimum atomic E-state index is -0.872. The van der Waals surface area contributed by atoms with Gasteiger partial charge in [-0.1, -0.05) is 29.8 Å². The zero-order chi connectivity index (χ0) is 14.5. The molecule has 0 aliphatic carbocycles. The van der Waals surface area contributed by atoms with Crippen LogP contribution in [0.4, 0.5) is 0 Å². The Kier molecular flexibility index (Phi) is 4.35. The molecular weight excluding hydrogens is 254 g/mol. The molecule has 2 rings (SSSR count). The second-order valence-electron chi connectivity index (χ2n) is 4.70. The van der Waals surface area contributed by atoms with Gasteiger partial charge in [0.05, 0.1) is 19.0 Å². The number of carboxylic acids is 1. The number of carbonyl (C=O) groups is 1. The third kappa shape index (κ3) is 3.35. The summed E-state index contributed by atoms with van der Waals surface area (Å²) in [7, 11) is 1.55. The lowest BCUT2D eigenvalue weighted by Crippen LogP contribution is -2.15. The molecule has 1 N–H and O–H groups in total. The Hall–Kier alpha value is -2.36. The fourth-order valence-electron chi connectivity index (χ4n) is 2.00. The molecule has 4 heteroatoms. The highest BCUT2D eigenvalue weighted by molar-refractivity contribution is 5.75. The third-order valence-corrected chi connectivity index (χ3v) is 3.21. The van der Waals surface area contributed by atoms with E-state index in [0.29, 0.717) is 17.9 Å². The van der Waals surface area contributed by atoms with Crippen molar-refractivity contribution in [3.05, 3.63) is 59.4 Å². The summed E-state index contributed by atoms with van der Waals surface area (Å²) in [5.74, 6) is -0.903.